The van der Waals surface area contributed by atoms with Crippen molar-refractivity contribution < 1.29 is 10.0 Å². The minimum atomic E-state index is -1.84. The lowest BCUT2D eigenvalue weighted by atomic mass is 9.78. The standard InChI is InChI=1S/C12H6BN5O2/c14-4-8-1-2-10(13(19)20)11(3-8)18-12(7-17)9(5-15)6-16/h1-3,18-20H. The first-order valence-corrected chi connectivity index (χ1v) is 5.19. The molecule has 94 valence electrons. The Morgan fingerprint density at radius 1 is 1.05 bits per heavy atom. The fraction of sp³-hybridized carbons (Fsp3) is 0. The van der Waals surface area contributed by atoms with Crippen LogP contribution >= 0.6 is 0 Å². The Morgan fingerprint density at radius 2 is 1.70 bits per heavy atom. The highest BCUT2D eigenvalue weighted by Gasteiger charge is 2.18. The number of hydrogen-bond donors (Lipinski definition) is 3. The molecule has 0 saturated heterocycles. The Balaban J connectivity index is 3.38. The highest BCUT2D eigenvalue weighted by atomic mass is 16.4. The van der Waals surface area contributed by atoms with Crippen molar-refractivity contribution in [3.63, 3.8) is 0 Å². The number of nitrogens with zero attached hydrogens (tertiary/aromatic N) is 4. The van der Waals surface area contributed by atoms with Gasteiger partial charge >= 0.3 is 7.12 Å². The number of benzene rings is 1. The Hall–Kier alpha value is -3.30. The highest BCUT2D eigenvalue weighted by Crippen LogP contribution is 2.13. The zero-order valence-electron chi connectivity index (χ0n) is 9.99. The number of nitrogens with one attached hydrogen (secondary N) is 1. The smallest absolute Gasteiger partial charge is 0.423 e. The molecule has 7 nitrogen and oxygen atoms in total. The van der Waals surface area contributed by atoms with Crippen LogP contribution in [-0.2, 0) is 0 Å². The van der Waals surface area contributed by atoms with E-state index in [4.69, 9.17) is 21.0 Å². The summed E-state index contributed by atoms with van der Waals surface area (Å²) in [6, 6.07) is 10.5. The molecule has 3 N–H and O–H groups in total. The van der Waals surface area contributed by atoms with Gasteiger partial charge in [0, 0.05) is 11.2 Å². The molecule has 0 saturated carbocycles. The number of allylic oxidation sites excluding steroid dienone is 2. The molecule has 0 heterocycles. The summed E-state index contributed by atoms with van der Waals surface area (Å²) in [5.41, 5.74) is -0.518. The first-order chi connectivity index (χ1) is 9.57. The molecule has 0 amide bonds. The Labute approximate surface area is 115 Å². The van der Waals surface area contributed by atoms with Crippen molar-refractivity contribution >= 4 is 18.3 Å². The van der Waals surface area contributed by atoms with Gasteiger partial charge in [-0.05, 0) is 12.1 Å². The van der Waals surface area contributed by atoms with Crippen molar-refractivity contribution in [1.29, 1.82) is 21.0 Å². The van der Waals surface area contributed by atoms with E-state index in [-0.39, 0.29) is 22.4 Å². The second-order valence-electron chi connectivity index (χ2n) is 3.50. The second kappa shape index (κ2) is 6.59. The number of nitriles is 4. The molecule has 20 heavy (non-hydrogen) atoms. The molecule has 1 aromatic rings. The van der Waals surface area contributed by atoms with E-state index in [0.29, 0.717) is 0 Å². The van der Waals surface area contributed by atoms with E-state index >= 15 is 0 Å². The predicted molar refractivity (Wildman–Crippen MR) is 68.5 cm³/mol. The third-order valence-electron chi connectivity index (χ3n) is 2.31. The zero-order chi connectivity index (χ0) is 15.1. The molecule has 0 radical (unpaired) electrons. The molecule has 0 unspecified atom stereocenters. The maximum absolute atomic E-state index is 9.21. The quantitative estimate of drug-likeness (QED) is 0.490. The normalized spacial score (nSPS) is 8.30. The summed E-state index contributed by atoms with van der Waals surface area (Å²) < 4.78 is 0. The van der Waals surface area contributed by atoms with Crippen molar-refractivity contribution in [2.45, 2.75) is 0 Å². The SMILES string of the molecule is N#CC(C#N)=C(C#N)Nc1cc(C#N)ccc1B(O)O. The lowest BCUT2D eigenvalue weighted by Crippen LogP contribution is -2.32. The van der Waals surface area contributed by atoms with Crippen LogP contribution in [0.2, 0.25) is 0 Å². The van der Waals surface area contributed by atoms with Crippen LogP contribution in [0.3, 0.4) is 0 Å². The maximum Gasteiger partial charge on any atom is 0.490 e. The van der Waals surface area contributed by atoms with Crippen LogP contribution in [0.5, 0.6) is 0 Å². The van der Waals surface area contributed by atoms with Crippen LogP contribution in [-0.4, -0.2) is 17.2 Å². The van der Waals surface area contributed by atoms with Crippen molar-refractivity contribution in [3.05, 3.63) is 35.0 Å². The first kappa shape index (κ1) is 14.8. The van der Waals surface area contributed by atoms with E-state index in [0.717, 1.165) is 0 Å². The van der Waals surface area contributed by atoms with Gasteiger partial charge in [0.15, 0.2) is 5.57 Å². The molecule has 8 heteroatoms. The van der Waals surface area contributed by atoms with Gasteiger partial charge in [-0.2, -0.15) is 21.0 Å². The van der Waals surface area contributed by atoms with Crippen molar-refractivity contribution in [2.75, 3.05) is 5.32 Å². The van der Waals surface area contributed by atoms with Gasteiger partial charge in [-0.15, -0.1) is 0 Å². The van der Waals surface area contributed by atoms with Gasteiger partial charge in [0.25, 0.3) is 0 Å². The van der Waals surface area contributed by atoms with Gasteiger partial charge in [-0.25, -0.2) is 0 Å². The summed E-state index contributed by atoms with van der Waals surface area (Å²) in [7, 11) is -1.84. The van der Waals surface area contributed by atoms with Gasteiger partial charge in [0.2, 0.25) is 0 Å². The first-order valence-electron chi connectivity index (χ1n) is 5.19. The van der Waals surface area contributed by atoms with Gasteiger partial charge in [0.1, 0.15) is 23.9 Å². The minimum Gasteiger partial charge on any atom is -0.423 e. The van der Waals surface area contributed by atoms with Crippen LogP contribution < -0.4 is 10.8 Å². The zero-order valence-corrected chi connectivity index (χ0v) is 9.99. The average molecular weight is 263 g/mol. The van der Waals surface area contributed by atoms with Crippen LogP contribution in [0.4, 0.5) is 5.69 Å². The van der Waals surface area contributed by atoms with E-state index in [2.05, 4.69) is 5.32 Å². The van der Waals surface area contributed by atoms with Gasteiger partial charge in [-0.1, -0.05) is 6.07 Å². The monoisotopic (exact) mass is 263 g/mol. The van der Waals surface area contributed by atoms with E-state index in [1.54, 1.807) is 18.2 Å². The molecule has 1 aromatic carbocycles. The molecular formula is C12H6BN5O2. The average Bonchev–Trinajstić information content (AvgIpc) is 2.46. The minimum absolute atomic E-state index is 0.00646. The van der Waals surface area contributed by atoms with Crippen molar-refractivity contribution in [2.24, 2.45) is 0 Å². The molecule has 0 aliphatic heterocycles. The summed E-state index contributed by atoms with van der Waals surface area (Å²) in [6.45, 7) is 0. The molecule has 0 aromatic heterocycles. The lowest BCUT2D eigenvalue weighted by Gasteiger charge is -2.11. The third-order valence-corrected chi connectivity index (χ3v) is 2.31. The van der Waals surface area contributed by atoms with Gasteiger partial charge in [-0.3, -0.25) is 0 Å². The van der Waals surface area contributed by atoms with Crippen LogP contribution in [0.15, 0.2) is 29.5 Å². The molecule has 0 aliphatic carbocycles. The summed E-state index contributed by atoms with van der Waals surface area (Å²) >= 11 is 0. The molecule has 1 rings (SSSR count). The largest absolute Gasteiger partial charge is 0.490 e. The predicted octanol–water partition coefficient (Wildman–Crippen LogP) is -0.525. The molecule has 0 aliphatic rings. The van der Waals surface area contributed by atoms with Crippen molar-refractivity contribution in [1.82, 2.24) is 0 Å². The fourth-order valence-electron chi connectivity index (χ4n) is 1.38. The summed E-state index contributed by atoms with van der Waals surface area (Å²) in [4.78, 5) is 0. The number of rotatable bonds is 3. The van der Waals surface area contributed by atoms with E-state index in [9.17, 15) is 10.0 Å². The molecule has 0 atom stereocenters. The van der Waals surface area contributed by atoms with E-state index in [1.807, 2.05) is 6.07 Å². The van der Waals surface area contributed by atoms with E-state index in [1.165, 1.54) is 18.2 Å². The molecular weight excluding hydrogens is 257 g/mol. The van der Waals surface area contributed by atoms with Crippen molar-refractivity contribution in [3.8, 4) is 24.3 Å². The summed E-state index contributed by atoms with van der Waals surface area (Å²) in [5.74, 6) is 0. The topological polar surface area (TPSA) is 148 Å². The van der Waals surface area contributed by atoms with Crippen LogP contribution in [0, 0.1) is 45.3 Å². The lowest BCUT2D eigenvalue weighted by molar-refractivity contribution is 0.426. The molecule has 0 fully saturated rings. The van der Waals surface area contributed by atoms with Crippen LogP contribution in [0.25, 0.3) is 0 Å². The number of hydrogen-bond acceptors (Lipinski definition) is 7. The summed E-state index contributed by atoms with van der Waals surface area (Å²) in [5, 5.41) is 56.0. The Kier molecular flexibility index (Phi) is 4.86. The second-order valence-corrected chi connectivity index (χ2v) is 3.50. The Bertz CT molecular complexity index is 712. The van der Waals surface area contributed by atoms with Crippen LogP contribution in [0.1, 0.15) is 5.56 Å². The number of anilines is 1. The van der Waals surface area contributed by atoms with Gasteiger partial charge in [0.05, 0.1) is 11.6 Å². The molecule has 0 bridgehead atoms. The third kappa shape index (κ3) is 3.13. The fourth-order valence-corrected chi connectivity index (χ4v) is 1.38. The Morgan fingerprint density at radius 3 is 2.15 bits per heavy atom. The highest BCUT2D eigenvalue weighted by molar-refractivity contribution is 6.60. The molecule has 0 spiro atoms. The van der Waals surface area contributed by atoms with Gasteiger partial charge < -0.3 is 15.4 Å². The maximum atomic E-state index is 9.21. The summed E-state index contributed by atoms with van der Waals surface area (Å²) in [6.07, 6.45) is 0. The van der Waals surface area contributed by atoms with E-state index < -0.39 is 12.7 Å².